The molecule has 4 rings (SSSR count). The fourth-order valence-corrected chi connectivity index (χ4v) is 4.95. The second-order valence-electron chi connectivity index (χ2n) is 8.71. The van der Waals surface area contributed by atoms with Crippen LogP contribution >= 0.6 is 24.8 Å². The summed E-state index contributed by atoms with van der Waals surface area (Å²) in [6.07, 6.45) is 8.33. The van der Waals surface area contributed by atoms with Crippen LogP contribution in [0.3, 0.4) is 0 Å². The number of hydrogen-bond acceptors (Lipinski definition) is 3. The zero-order valence-electron chi connectivity index (χ0n) is 18.3. The van der Waals surface area contributed by atoms with Gasteiger partial charge in [-0.2, -0.15) is 0 Å². The summed E-state index contributed by atoms with van der Waals surface area (Å²) in [5.74, 6) is 0.977. The van der Waals surface area contributed by atoms with Gasteiger partial charge in [0.2, 0.25) is 0 Å². The standard InChI is InChI=1S/C26H34N2O.2ClH/c29-26(24-13-11-23(12-14-24)22-9-5-2-6-10-22)15-17-28-18-16-27-20-25(28)19-21-7-3-1-4-8-21;;/h1,3-4,7-8,11-14,22,25,27H,2,5-6,9-10,15-20H2;2*1H. The van der Waals surface area contributed by atoms with Gasteiger partial charge in [0.05, 0.1) is 0 Å². The molecule has 1 unspecified atom stereocenters. The lowest BCUT2D eigenvalue weighted by Gasteiger charge is -2.36. The van der Waals surface area contributed by atoms with Gasteiger partial charge in [0, 0.05) is 44.2 Å². The Bertz CT molecular complexity index is 776. The molecule has 0 aromatic heterocycles. The molecule has 0 amide bonds. The molecule has 0 spiro atoms. The average Bonchev–Trinajstić information content (AvgIpc) is 2.80. The molecule has 1 saturated heterocycles. The molecule has 1 heterocycles. The van der Waals surface area contributed by atoms with Crippen LogP contribution in [0.1, 0.15) is 65.9 Å². The van der Waals surface area contributed by atoms with E-state index in [1.54, 1.807) is 0 Å². The van der Waals surface area contributed by atoms with E-state index in [2.05, 4.69) is 64.8 Å². The number of rotatable bonds is 7. The summed E-state index contributed by atoms with van der Waals surface area (Å²) >= 11 is 0. The van der Waals surface area contributed by atoms with Crippen LogP contribution < -0.4 is 5.32 Å². The summed E-state index contributed by atoms with van der Waals surface area (Å²) in [5, 5.41) is 3.52. The molecule has 3 nitrogen and oxygen atoms in total. The Labute approximate surface area is 199 Å². The Morgan fingerprint density at radius 2 is 1.65 bits per heavy atom. The summed E-state index contributed by atoms with van der Waals surface area (Å²) < 4.78 is 0. The zero-order chi connectivity index (χ0) is 19.9. The number of piperazine rings is 1. The Kier molecular flexibility index (Phi) is 11.0. The van der Waals surface area contributed by atoms with E-state index in [1.807, 2.05) is 0 Å². The van der Waals surface area contributed by atoms with E-state index in [-0.39, 0.29) is 30.6 Å². The third-order valence-electron chi connectivity index (χ3n) is 6.72. The van der Waals surface area contributed by atoms with Crippen molar-refractivity contribution in [3.63, 3.8) is 0 Å². The zero-order valence-corrected chi connectivity index (χ0v) is 19.9. The molecule has 2 aromatic rings. The number of hydrogen-bond donors (Lipinski definition) is 1. The molecule has 1 aliphatic heterocycles. The van der Waals surface area contributed by atoms with Crippen molar-refractivity contribution < 1.29 is 4.79 Å². The molecule has 2 aliphatic rings. The second-order valence-corrected chi connectivity index (χ2v) is 8.71. The minimum Gasteiger partial charge on any atom is -0.314 e. The van der Waals surface area contributed by atoms with Crippen LogP contribution in [0.2, 0.25) is 0 Å². The number of nitrogens with zero attached hydrogens (tertiary/aromatic N) is 1. The average molecular weight is 463 g/mol. The number of halogens is 2. The van der Waals surface area contributed by atoms with Gasteiger partial charge in [0.25, 0.3) is 0 Å². The van der Waals surface area contributed by atoms with Crippen LogP contribution in [0.5, 0.6) is 0 Å². The number of Topliss-reactive ketones (excluding diaryl/α,β-unsaturated/α-hetero) is 1. The van der Waals surface area contributed by atoms with E-state index in [0.717, 1.165) is 38.2 Å². The van der Waals surface area contributed by atoms with E-state index in [0.29, 0.717) is 18.4 Å². The first kappa shape index (κ1) is 25.9. The predicted octanol–water partition coefficient (Wildman–Crippen LogP) is 5.67. The lowest BCUT2D eigenvalue weighted by Crippen LogP contribution is -2.52. The molecule has 1 saturated carbocycles. The van der Waals surface area contributed by atoms with Crippen molar-refractivity contribution in [1.82, 2.24) is 10.2 Å². The van der Waals surface area contributed by atoms with Gasteiger partial charge in [0.1, 0.15) is 0 Å². The lowest BCUT2D eigenvalue weighted by atomic mass is 9.84. The van der Waals surface area contributed by atoms with Crippen LogP contribution in [0, 0.1) is 0 Å². The molecule has 0 bridgehead atoms. The third-order valence-corrected chi connectivity index (χ3v) is 6.72. The lowest BCUT2D eigenvalue weighted by molar-refractivity contribution is 0.0935. The smallest absolute Gasteiger partial charge is 0.164 e. The molecule has 1 aliphatic carbocycles. The summed E-state index contributed by atoms with van der Waals surface area (Å²) in [6, 6.07) is 19.7. The van der Waals surface area contributed by atoms with Crippen molar-refractivity contribution >= 4 is 30.6 Å². The Morgan fingerprint density at radius 3 is 2.35 bits per heavy atom. The highest BCUT2D eigenvalue weighted by Gasteiger charge is 2.23. The summed E-state index contributed by atoms with van der Waals surface area (Å²) in [4.78, 5) is 15.3. The number of carbonyl (C=O) groups is 1. The van der Waals surface area contributed by atoms with Gasteiger partial charge in [-0.05, 0) is 36.3 Å². The Morgan fingerprint density at radius 1 is 0.935 bits per heavy atom. The van der Waals surface area contributed by atoms with Crippen molar-refractivity contribution in [2.45, 2.75) is 56.9 Å². The van der Waals surface area contributed by atoms with E-state index >= 15 is 0 Å². The van der Waals surface area contributed by atoms with Crippen LogP contribution in [-0.4, -0.2) is 42.9 Å². The highest BCUT2D eigenvalue weighted by molar-refractivity contribution is 5.96. The Balaban J connectivity index is 0.00000171. The molecule has 2 aromatic carbocycles. The number of nitrogens with one attached hydrogen (secondary N) is 1. The first-order valence-electron chi connectivity index (χ1n) is 11.4. The second kappa shape index (κ2) is 13.2. The minimum atomic E-state index is 0. The third kappa shape index (κ3) is 7.32. The quantitative estimate of drug-likeness (QED) is 0.538. The van der Waals surface area contributed by atoms with E-state index in [1.165, 1.54) is 43.2 Å². The molecule has 0 radical (unpaired) electrons. The first-order valence-corrected chi connectivity index (χ1v) is 11.4. The van der Waals surface area contributed by atoms with Gasteiger partial charge in [-0.3, -0.25) is 9.69 Å². The van der Waals surface area contributed by atoms with Crippen LogP contribution in [0.4, 0.5) is 0 Å². The molecular weight excluding hydrogens is 427 g/mol. The molecular formula is C26H36Cl2N2O. The highest BCUT2D eigenvalue weighted by Crippen LogP contribution is 2.32. The van der Waals surface area contributed by atoms with Gasteiger partial charge in [-0.25, -0.2) is 0 Å². The largest absolute Gasteiger partial charge is 0.314 e. The number of carbonyl (C=O) groups excluding carboxylic acids is 1. The van der Waals surface area contributed by atoms with Crippen molar-refractivity contribution in [2.24, 2.45) is 0 Å². The molecule has 1 N–H and O–H groups in total. The normalized spacial score (nSPS) is 19.8. The van der Waals surface area contributed by atoms with Crippen LogP contribution in [-0.2, 0) is 6.42 Å². The van der Waals surface area contributed by atoms with E-state index < -0.39 is 0 Å². The minimum absolute atomic E-state index is 0. The van der Waals surface area contributed by atoms with Gasteiger partial charge in [-0.1, -0.05) is 73.9 Å². The van der Waals surface area contributed by atoms with Crippen molar-refractivity contribution in [3.05, 3.63) is 71.3 Å². The number of ketones is 1. The molecule has 170 valence electrons. The molecule has 2 fully saturated rings. The highest BCUT2D eigenvalue weighted by atomic mass is 35.5. The van der Waals surface area contributed by atoms with Gasteiger partial charge >= 0.3 is 0 Å². The van der Waals surface area contributed by atoms with Gasteiger partial charge < -0.3 is 5.32 Å². The molecule has 1 atom stereocenters. The van der Waals surface area contributed by atoms with Crippen molar-refractivity contribution in [3.8, 4) is 0 Å². The van der Waals surface area contributed by atoms with Crippen molar-refractivity contribution in [1.29, 1.82) is 0 Å². The summed E-state index contributed by atoms with van der Waals surface area (Å²) in [5.41, 5.74) is 3.67. The van der Waals surface area contributed by atoms with Gasteiger partial charge in [0.15, 0.2) is 5.78 Å². The molecule has 31 heavy (non-hydrogen) atoms. The fourth-order valence-electron chi connectivity index (χ4n) is 4.95. The summed E-state index contributed by atoms with van der Waals surface area (Å²) in [7, 11) is 0. The number of benzene rings is 2. The summed E-state index contributed by atoms with van der Waals surface area (Å²) in [6.45, 7) is 3.88. The maximum atomic E-state index is 12.8. The van der Waals surface area contributed by atoms with E-state index in [9.17, 15) is 4.79 Å². The van der Waals surface area contributed by atoms with Gasteiger partial charge in [-0.15, -0.1) is 24.8 Å². The van der Waals surface area contributed by atoms with Crippen molar-refractivity contribution in [2.75, 3.05) is 26.2 Å². The predicted molar refractivity (Wildman–Crippen MR) is 134 cm³/mol. The topological polar surface area (TPSA) is 32.3 Å². The SMILES string of the molecule is Cl.Cl.O=C(CCN1CCNCC1Cc1ccccc1)c1ccc(C2CCCCC2)cc1. The van der Waals surface area contributed by atoms with Crippen LogP contribution in [0.15, 0.2) is 54.6 Å². The first-order chi connectivity index (χ1) is 14.3. The molecule has 5 heteroatoms. The fraction of sp³-hybridized carbons (Fsp3) is 0.500. The maximum absolute atomic E-state index is 12.8. The Hall–Kier alpha value is -1.39. The van der Waals surface area contributed by atoms with E-state index in [4.69, 9.17) is 0 Å². The van der Waals surface area contributed by atoms with Crippen LogP contribution in [0.25, 0.3) is 0 Å². The maximum Gasteiger partial charge on any atom is 0.164 e. The monoisotopic (exact) mass is 462 g/mol.